The van der Waals surface area contributed by atoms with Gasteiger partial charge in [-0.1, -0.05) is 19.1 Å². The third-order valence-electron chi connectivity index (χ3n) is 4.68. The minimum absolute atomic E-state index is 0.00622. The van der Waals surface area contributed by atoms with Gasteiger partial charge in [0.05, 0.1) is 7.11 Å². The maximum absolute atomic E-state index is 12.7. The maximum atomic E-state index is 12.7. The first-order valence-corrected chi connectivity index (χ1v) is 9.29. The second-order valence-electron chi connectivity index (χ2n) is 6.69. The highest BCUT2D eigenvalue weighted by molar-refractivity contribution is 5.95. The molecule has 0 atom stereocenters. The lowest BCUT2D eigenvalue weighted by Crippen LogP contribution is -2.36. The zero-order chi connectivity index (χ0) is 19.2. The summed E-state index contributed by atoms with van der Waals surface area (Å²) < 4.78 is 10.8. The molecule has 1 amide bonds. The summed E-state index contributed by atoms with van der Waals surface area (Å²) in [6.07, 6.45) is 2.55. The zero-order valence-corrected chi connectivity index (χ0v) is 15.8. The molecule has 1 aliphatic carbocycles. The molecule has 0 N–H and O–H groups in total. The van der Waals surface area contributed by atoms with Crippen molar-refractivity contribution in [1.29, 1.82) is 0 Å². The second kappa shape index (κ2) is 8.71. The summed E-state index contributed by atoms with van der Waals surface area (Å²) in [7, 11) is 1.64. The summed E-state index contributed by atoms with van der Waals surface area (Å²) in [6.45, 7) is 2.40. The fourth-order valence-electron chi connectivity index (χ4n) is 2.90. The van der Waals surface area contributed by atoms with Gasteiger partial charge in [-0.15, -0.1) is 0 Å². The summed E-state index contributed by atoms with van der Waals surface area (Å²) in [6, 6.07) is 15.0. The van der Waals surface area contributed by atoms with Crippen molar-refractivity contribution in [1.82, 2.24) is 4.90 Å². The molecule has 27 heavy (non-hydrogen) atoms. The smallest absolute Gasteiger partial charge is 0.261 e. The van der Waals surface area contributed by atoms with E-state index in [-0.39, 0.29) is 18.3 Å². The molecule has 3 rings (SSSR count). The first-order chi connectivity index (χ1) is 13.1. The van der Waals surface area contributed by atoms with Gasteiger partial charge in [0.2, 0.25) is 0 Å². The molecule has 0 aromatic heterocycles. The number of hydrogen-bond donors (Lipinski definition) is 0. The molecule has 0 spiro atoms. The van der Waals surface area contributed by atoms with Crippen LogP contribution in [0.2, 0.25) is 0 Å². The van der Waals surface area contributed by atoms with E-state index in [1.54, 1.807) is 31.4 Å². The summed E-state index contributed by atoms with van der Waals surface area (Å²) in [5.74, 6) is 1.46. The van der Waals surface area contributed by atoms with Crippen molar-refractivity contribution in [3.05, 3.63) is 59.7 Å². The molecule has 142 valence electrons. The van der Waals surface area contributed by atoms with Crippen molar-refractivity contribution in [3.8, 4) is 11.5 Å². The van der Waals surface area contributed by atoms with E-state index in [0.717, 1.165) is 24.2 Å². The lowest BCUT2D eigenvalue weighted by Gasteiger charge is -2.23. The van der Waals surface area contributed by atoms with Crippen molar-refractivity contribution in [2.75, 3.05) is 13.7 Å². The van der Waals surface area contributed by atoms with Gasteiger partial charge < -0.3 is 14.4 Å². The Labute approximate surface area is 159 Å². The van der Waals surface area contributed by atoms with E-state index in [1.807, 2.05) is 36.1 Å². The Hall–Kier alpha value is -2.82. The van der Waals surface area contributed by atoms with Gasteiger partial charge in [-0.05, 0) is 54.8 Å². The van der Waals surface area contributed by atoms with Crippen molar-refractivity contribution in [2.24, 2.45) is 0 Å². The normalized spacial score (nSPS) is 13.1. The summed E-state index contributed by atoms with van der Waals surface area (Å²) >= 11 is 0. The monoisotopic (exact) mass is 367 g/mol. The molecule has 0 heterocycles. The van der Waals surface area contributed by atoms with Crippen LogP contribution >= 0.6 is 0 Å². The van der Waals surface area contributed by atoms with E-state index in [2.05, 4.69) is 0 Å². The van der Waals surface area contributed by atoms with Crippen LogP contribution in [0.3, 0.4) is 0 Å². The number of nitrogens with zero attached hydrogens (tertiary/aromatic N) is 1. The Morgan fingerprint density at radius 2 is 1.63 bits per heavy atom. The number of carbonyl (C=O) groups is 2. The Morgan fingerprint density at radius 3 is 2.19 bits per heavy atom. The van der Waals surface area contributed by atoms with Crippen LogP contribution in [0.15, 0.2) is 48.5 Å². The largest absolute Gasteiger partial charge is 0.497 e. The van der Waals surface area contributed by atoms with E-state index in [0.29, 0.717) is 30.3 Å². The number of methoxy groups -OCH3 is 1. The predicted molar refractivity (Wildman–Crippen MR) is 103 cm³/mol. The molecule has 1 saturated carbocycles. The van der Waals surface area contributed by atoms with Crippen molar-refractivity contribution < 1.29 is 19.1 Å². The standard InChI is InChI=1S/C22H25NO4/c1-3-21(24)17-6-12-20(13-7-17)27-15-22(25)23(18-8-9-18)14-16-4-10-19(26-2)11-5-16/h4-7,10-13,18H,3,8-9,14-15H2,1-2H3. The number of ketones is 1. The average molecular weight is 367 g/mol. The lowest BCUT2D eigenvalue weighted by atomic mass is 10.1. The van der Waals surface area contributed by atoms with E-state index < -0.39 is 0 Å². The number of Topliss-reactive ketones (excluding diaryl/α,β-unsaturated/α-hetero) is 1. The van der Waals surface area contributed by atoms with Crippen LogP contribution in [0.1, 0.15) is 42.1 Å². The van der Waals surface area contributed by atoms with Crippen LogP contribution < -0.4 is 9.47 Å². The van der Waals surface area contributed by atoms with E-state index >= 15 is 0 Å². The number of amides is 1. The average Bonchev–Trinajstić information content (AvgIpc) is 3.55. The molecule has 0 bridgehead atoms. The van der Waals surface area contributed by atoms with Crippen molar-refractivity contribution >= 4 is 11.7 Å². The molecule has 5 nitrogen and oxygen atoms in total. The Morgan fingerprint density at radius 1 is 1.00 bits per heavy atom. The number of ether oxygens (including phenoxy) is 2. The third-order valence-corrected chi connectivity index (χ3v) is 4.68. The number of rotatable bonds is 9. The van der Waals surface area contributed by atoms with E-state index in [9.17, 15) is 9.59 Å². The fraction of sp³-hybridized carbons (Fsp3) is 0.364. The van der Waals surface area contributed by atoms with Gasteiger partial charge in [-0.25, -0.2) is 0 Å². The molecule has 2 aromatic rings. The topological polar surface area (TPSA) is 55.8 Å². The molecular formula is C22H25NO4. The highest BCUT2D eigenvalue weighted by Gasteiger charge is 2.32. The highest BCUT2D eigenvalue weighted by atomic mass is 16.5. The Kier molecular flexibility index (Phi) is 6.12. The fourth-order valence-corrected chi connectivity index (χ4v) is 2.90. The highest BCUT2D eigenvalue weighted by Crippen LogP contribution is 2.29. The molecule has 1 aliphatic rings. The minimum Gasteiger partial charge on any atom is -0.497 e. The van der Waals surface area contributed by atoms with E-state index in [1.165, 1.54) is 0 Å². The quantitative estimate of drug-likeness (QED) is 0.632. The summed E-state index contributed by atoms with van der Waals surface area (Å²) in [5, 5.41) is 0. The molecule has 0 unspecified atom stereocenters. The maximum Gasteiger partial charge on any atom is 0.261 e. The minimum atomic E-state index is -0.0259. The van der Waals surface area contributed by atoms with Crippen LogP contribution in [0, 0.1) is 0 Å². The second-order valence-corrected chi connectivity index (χ2v) is 6.69. The van der Waals surface area contributed by atoms with E-state index in [4.69, 9.17) is 9.47 Å². The lowest BCUT2D eigenvalue weighted by molar-refractivity contribution is -0.134. The van der Waals surface area contributed by atoms with Gasteiger partial charge in [0.25, 0.3) is 5.91 Å². The molecule has 2 aromatic carbocycles. The third kappa shape index (κ3) is 5.09. The van der Waals surface area contributed by atoms with Crippen LogP contribution in [0.4, 0.5) is 0 Å². The molecule has 0 saturated heterocycles. The van der Waals surface area contributed by atoms with Gasteiger partial charge in [0.1, 0.15) is 11.5 Å². The van der Waals surface area contributed by atoms with Gasteiger partial charge >= 0.3 is 0 Å². The number of hydrogen-bond acceptors (Lipinski definition) is 4. The molecule has 0 radical (unpaired) electrons. The summed E-state index contributed by atoms with van der Waals surface area (Å²) in [4.78, 5) is 26.2. The van der Waals surface area contributed by atoms with Crippen LogP contribution in [0.5, 0.6) is 11.5 Å². The number of carbonyl (C=O) groups excluding carboxylic acids is 2. The van der Waals surface area contributed by atoms with Gasteiger partial charge in [-0.3, -0.25) is 9.59 Å². The predicted octanol–water partition coefficient (Wildman–Crippen LogP) is 3.86. The van der Waals surface area contributed by atoms with Crippen molar-refractivity contribution in [2.45, 2.75) is 38.8 Å². The SMILES string of the molecule is CCC(=O)c1ccc(OCC(=O)N(Cc2ccc(OC)cc2)C2CC2)cc1. The Bertz CT molecular complexity index is 779. The van der Waals surface area contributed by atoms with Crippen LogP contribution in [-0.4, -0.2) is 36.3 Å². The molecule has 1 fully saturated rings. The van der Waals surface area contributed by atoms with Crippen LogP contribution in [-0.2, 0) is 11.3 Å². The van der Waals surface area contributed by atoms with Gasteiger partial charge in [0, 0.05) is 24.6 Å². The van der Waals surface area contributed by atoms with Crippen LogP contribution in [0.25, 0.3) is 0 Å². The summed E-state index contributed by atoms with van der Waals surface area (Å²) in [5.41, 5.74) is 1.73. The number of benzene rings is 2. The molecule has 5 heteroatoms. The zero-order valence-electron chi connectivity index (χ0n) is 15.8. The first kappa shape index (κ1) is 19.0. The first-order valence-electron chi connectivity index (χ1n) is 9.29. The molecular weight excluding hydrogens is 342 g/mol. The molecule has 0 aliphatic heterocycles. The van der Waals surface area contributed by atoms with Gasteiger partial charge in [-0.2, -0.15) is 0 Å². The Balaban J connectivity index is 1.57. The van der Waals surface area contributed by atoms with Gasteiger partial charge in [0.15, 0.2) is 12.4 Å². The van der Waals surface area contributed by atoms with Crippen molar-refractivity contribution in [3.63, 3.8) is 0 Å².